The summed E-state index contributed by atoms with van der Waals surface area (Å²) in [4.78, 5) is 14.0. The van der Waals surface area contributed by atoms with E-state index in [0.29, 0.717) is 24.5 Å². The maximum Gasteiger partial charge on any atom is 0.225 e. The number of hydrogen-bond acceptors (Lipinski definition) is 3. The van der Waals surface area contributed by atoms with Crippen LogP contribution in [0.25, 0.3) is 0 Å². The zero-order chi connectivity index (χ0) is 11.4. The minimum atomic E-state index is 0.318. The number of methoxy groups -OCH3 is 1. The molecule has 0 spiro atoms. The van der Waals surface area contributed by atoms with Gasteiger partial charge in [0.15, 0.2) is 0 Å². The second kappa shape index (κ2) is 5.64. The van der Waals surface area contributed by atoms with Gasteiger partial charge in [-0.3, -0.25) is 4.79 Å². The molecule has 0 aromatic heterocycles. The van der Waals surface area contributed by atoms with E-state index in [2.05, 4.69) is 5.32 Å². The van der Waals surface area contributed by atoms with Crippen molar-refractivity contribution in [2.45, 2.75) is 31.7 Å². The van der Waals surface area contributed by atoms with Crippen LogP contribution in [0.4, 0.5) is 0 Å². The molecule has 1 heterocycles. The van der Waals surface area contributed by atoms with Crippen molar-refractivity contribution in [3.63, 3.8) is 0 Å². The molecule has 2 rings (SSSR count). The molecule has 16 heavy (non-hydrogen) atoms. The Morgan fingerprint density at radius 2 is 2.25 bits per heavy atom. The molecule has 4 heteroatoms. The summed E-state index contributed by atoms with van der Waals surface area (Å²) in [5.41, 5.74) is 0. The van der Waals surface area contributed by atoms with Crippen LogP contribution >= 0.6 is 0 Å². The number of ether oxygens (including phenoxy) is 1. The van der Waals surface area contributed by atoms with Gasteiger partial charge in [0, 0.05) is 32.2 Å². The van der Waals surface area contributed by atoms with E-state index in [1.807, 2.05) is 4.90 Å². The molecule has 0 aromatic carbocycles. The summed E-state index contributed by atoms with van der Waals surface area (Å²) in [5.74, 6) is 0.656. The first-order chi connectivity index (χ1) is 7.81. The third kappa shape index (κ3) is 3.19. The minimum absolute atomic E-state index is 0.318. The van der Waals surface area contributed by atoms with E-state index in [1.54, 1.807) is 7.11 Å². The van der Waals surface area contributed by atoms with Crippen LogP contribution in [0.1, 0.15) is 25.7 Å². The zero-order valence-corrected chi connectivity index (χ0v) is 10.1. The highest BCUT2D eigenvalue weighted by Gasteiger charge is 2.34. The van der Waals surface area contributed by atoms with E-state index in [1.165, 1.54) is 12.8 Å². The molecule has 1 atom stereocenters. The number of amides is 1. The number of nitrogens with zero attached hydrogens (tertiary/aromatic N) is 1. The molecule has 2 aliphatic rings. The zero-order valence-electron chi connectivity index (χ0n) is 10.1. The largest absolute Gasteiger partial charge is 0.383 e. The molecule has 1 unspecified atom stereocenters. The predicted octanol–water partition coefficient (Wildman–Crippen LogP) is 0.623. The van der Waals surface area contributed by atoms with E-state index in [-0.39, 0.29) is 0 Å². The summed E-state index contributed by atoms with van der Waals surface area (Å²) in [6.45, 7) is 3.34. The lowest BCUT2D eigenvalue weighted by molar-refractivity contribution is -0.133. The molecule has 4 nitrogen and oxygen atoms in total. The van der Waals surface area contributed by atoms with Gasteiger partial charge in [-0.1, -0.05) is 0 Å². The minimum Gasteiger partial charge on any atom is -0.383 e. The van der Waals surface area contributed by atoms with Crippen molar-refractivity contribution in [2.75, 3.05) is 33.4 Å². The maximum absolute atomic E-state index is 12.0. The van der Waals surface area contributed by atoms with E-state index >= 15 is 0 Å². The molecule has 0 radical (unpaired) electrons. The summed E-state index contributed by atoms with van der Waals surface area (Å²) in [6, 6.07) is 0.500. The normalized spacial score (nSPS) is 24.7. The maximum atomic E-state index is 12.0. The van der Waals surface area contributed by atoms with Crippen LogP contribution < -0.4 is 5.32 Å². The lowest BCUT2D eigenvalue weighted by Gasteiger charge is -2.25. The highest BCUT2D eigenvalue weighted by molar-refractivity contribution is 5.81. The van der Waals surface area contributed by atoms with Crippen LogP contribution in [0.2, 0.25) is 0 Å². The van der Waals surface area contributed by atoms with Crippen molar-refractivity contribution in [1.29, 1.82) is 0 Å². The smallest absolute Gasteiger partial charge is 0.225 e. The van der Waals surface area contributed by atoms with Crippen LogP contribution in [0.3, 0.4) is 0 Å². The summed E-state index contributed by atoms with van der Waals surface area (Å²) in [7, 11) is 1.69. The van der Waals surface area contributed by atoms with Crippen molar-refractivity contribution >= 4 is 5.91 Å². The quantitative estimate of drug-likeness (QED) is 0.722. The van der Waals surface area contributed by atoms with E-state index in [0.717, 1.165) is 32.5 Å². The van der Waals surface area contributed by atoms with Gasteiger partial charge in [-0.15, -0.1) is 0 Å². The summed E-state index contributed by atoms with van der Waals surface area (Å²) >= 11 is 0. The second-order valence-electron chi connectivity index (χ2n) is 4.84. The first kappa shape index (κ1) is 11.9. The molecule has 2 fully saturated rings. The van der Waals surface area contributed by atoms with Crippen molar-refractivity contribution in [3.05, 3.63) is 0 Å². The Bertz CT molecular complexity index is 235. The number of nitrogens with one attached hydrogen (secondary N) is 1. The fourth-order valence-corrected chi connectivity index (χ4v) is 2.26. The Balaban J connectivity index is 1.82. The van der Waals surface area contributed by atoms with Crippen LogP contribution in [-0.2, 0) is 9.53 Å². The molecular weight excluding hydrogens is 204 g/mol. The van der Waals surface area contributed by atoms with Gasteiger partial charge in [0.05, 0.1) is 6.61 Å². The SMILES string of the molecule is COCCN(CC1CCCN1)C(=O)C1CC1. The van der Waals surface area contributed by atoms with E-state index in [9.17, 15) is 4.79 Å². The molecule has 1 amide bonds. The molecule has 1 saturated carbocycles. The first-order valence-corrected chi connectivity index (χ1v) is 6.32. The fourth-order valence-electron chi connectivity index (χ4n) is 2.26. The van der Waals surface area contributed by atoms with Crippen molar-refractivity contribution in [2.24, 2.45) is 5.92 Å². The molecular formula is C12H22N2O2. The Morgan fingerprint density at radius 3 is 2.81 bits per heavy atom. The van der Waals surface area contributed by atoms with Gasteiger partial charge in [0.2, 0.25) is 5.91 Å². The molecule has 1 aliphatic carbocycles. The van der Waals surface area contributed by atoms with Crippen LogP contribution in [0.15, 0.2) is 0 Å². The van der Waals surface area contributed by atoms with Gasteiger partial charge < -0.3 is 15.0 Å². The predicted molar refractivity (Wildman–Crippen MR) is 62.2 cm³/mol. The second-order valence-corrected chi connectivity index (χ2v) is 4.84. The number of rotatable bonds is 6. The van der Waals surface area contributed by atoms with Crippen LogP contribution in [-0.4, -0.2) is 50.2 Å². The van der Waals surface area contributed by atoms with Gasteiger partial charge in [-0.25, -0.2) is 0 Å². The number of hydrogen-bond donors (Lipinski definition) is 1. The third-order valence-electron chi connectivity index (χ3n) is 3.41. The van der Waals surface area contributed by atoms with Gasteiger partial charge in [0.25, 0.3) is 0 Å². The lowest BCUT2D eigenvalue weighted by Crippen LogP contribution is -2.43. The Morgan fingerprint density at radius 1 is 1.44 bits per heavy atom. The Kier molecular flexibility index (Phi) is 4.18. The molecule has 1 saturated heterocycles. The van der Waals surface area contributed by atoms with Gasteiger partial charge in [-0.2, -0.15) is 0 Å². The number of carbonyl (C=O) groups excluding carboxylic acids is 1. The summed E-state index contributed by atoms with van der Waals surface area (Å²) < 4.78 is 5.07. The summed E-state index contributed by atoms with van der Waals surface area (Å²) in [5, 5.41) is 3.44. The molecule has 1 aliphatic heterocycles. The van der Waals surface area contributed by atoms with Gasteiger partial charge >= 0.3 is 0 Å². The Hall–Kier alpha value is -0.610. The third-order valence-corrected chi connectivity index (χ3v) is 3.41. The summed E-state index contributed by atoms with van der Waals surface area (Å²) in [6.07, 6.45) is 4.60. The lowest BCUT2D eigenvalue weighted by atomic mass is 10.2. The van der Waals surface area contributed by atoms with Crippen LogP contribution in [0.5, 0.6) is 0 Å². The standard InChI is InChI=1S/C12H22N2O2/c1-16-8-7-14(12(15)10-4-5-10)9-11-3-2-6-13-11/h10-11,13H,2-9H2,1H3. The molecule has 1 N–H and O–H groups in total. The van der Waals surface area contributed by atoms with E-state index in [4.69, 9.17) is 4.74 Å². The first-order valence-electron chi connectivity index (χ1n) is 6.32. The van der Waals surface area contributed by atoms with Gasteiger partial charge in [0.1, 0.15) is 0 Å². The van der Waals surface area contributed by atoms with E-state index < -0.39 is 0 Å². The number of carbonyl (C=O) groups is 1. The Labute approximate surface area is 97.3 Å². The fraction of sp³-hybridized carbons (Fsp3) is 0.917. The average Bonchev–Trinajstić information content (AvgIpc) is 3.02. The molecule has 0 aromatic rings. The van der Waals surface area contributed by atoms with Crippen molar-refractivity contribution in [3.8, 4) is 0 Å². The highest BCUT2D eigenvalue weighted by atomic mass is 16.5. The topological polar surface area (TPSA) is 41.6 Å². The van der Waals surface area contributed by atoms with Crippen LogP contribution in [0, 0.1) is 5.92 Å². The van der Waals surface area contributed by atoms with Crippen molar-refractivity contribution in [1.82, 2.24) is 10.2 Å². The average molecular weight is 226 g/mol. The molecule has 92 valence electrons. The van der Waals surface area contributed by atoms with Crippen molar-refractivity contribution < 1.29 is 9.53 Å². The monoisotopic (exact) mass is 226 g/mol. The molecule has 0 bridgehead atoms. The van der Waals surface area contributed by atoms with Gasteiger partial charge in [-0.05, 0) is 32.2 Å². The highest BCUT2D eigenvalue weighted by Crippen LogP contribution is 2.31.